The Morgan fingerprint density at radius 2 is 1.96 bits per heavy atom. The maximum Gasteiger partial charge on any atom is 0.233 e. The summed E-state index contributed by atoms with van der Waals surface area (Å²) in [5, 5.41) is 9.69. The third-order valence-corrected chi connectivity index (χ3v) is 5.67. The lowest BCUT2D eigenvalue weighted by atomic mass is 9.89. The number of nitrogens with zero attached hydrogens (tertiary/aromatic N) is 4. The van der Waals surface area contributed by atoms with Crippen molar-refractivity contribution >= 4 is 17.7 Å². The van der Waals surface area contributed by atoms with Crippen molar-refractivity contribution in [3.05, 3.63) is 5.82 Å². The van der Waals surface area contributed by atoms with Crippen LogP contribution >= 0.6 is 11.8 Å². The molecule has 0 bridgehead atoms. The molecule has 1 aliphatic carbocycles. The first-order valence-corrected chi connectivity index (χ1v) is 9.69. The molecule has 0 atom stereocenters. The Morgan fingerprint density at radius 3 is 2.65 bits per heavy atom. The molecule has 2 aliphatic rings. The van der Waals surface area contributed by atoms with E-state index in [9.17, 15) is 4.79 Å². The van der Waals surface area contributed by atoms with Gasteiger partial charge in [-0.05, 0) is 19.8 Å². The van der Waals surface area contributed by atoms with E-state index < -0.39 is 0 Å². The molecule has 6 nitrogen and oxygen atoms in total. The number of hydrogen-bond acceptors (Lipinski definition) is 5. The van der Waals surface area contributed by atoms with E-state index >= 15 is 0 Å². The summed E-state index contributed by atoms with van der Waals surface area (Å²) < 4.78 is 7.49. The Morgan fingerprint density at radius 1 is 1.22 bits per heavy atom. The number of hydrogen-bond donors (Lipinski definition) is 0. The molecular formula is C16H26N4O2S. The highest BCUT2D eigenvalue weighted by molar-refractivity contribution is 7.99. The van der Waals surface area contributed by atoms with Crippen molar-refractivity contribution in [2.75, 3.05) is 32.1 Å². The number of aromatic nitrogens is 3. The van der Waals surface area contributed by atoms with Gasteiger partial charge in [-0.2, -0.15) is 0 Å². The third kappa shape index (κ3) is 4.07. The molecule has 23 heavy (non-hydrogen) atoms. The van der Waals surface area contributed by atoms with Crippen LogP contribution in [0, 0.1) is 0 Å². The van der Waals surface area contributed by atoms with Crippen LogP contribution in [0.25, 0.3) is 0 Å². The minimum Gasteiger partial charge on any atom is -0.378 e. The highest BCUT2D eigenvalue weighted by Gasteiger charge is 2.24. The monoisotopic (exact) mass is 338 g/mol. The van der Waals surface area contributed by atoms with Gasteiger partial charge in [0.05, 0.1) is 19.0 Å². The van der Waals surface area contributed by atoms with Crippen molar-refractivity contribution in [3.8, 4) is 0 Å². The van der Waals surface area contributed by atoms with Gasteiger partial charge in [-0.1, -0.05) is 31.0 Å². The molecule has 2 heterocycles. The van der Waals surface area contributed by atoms with E-state index in [1.807, 2.05) is 4.90 Å². The number of thioether (sulfide) groups is 1. The number of carbonyl (C=O) groups excluding carboxylic acids is 1. The van der Waals surface area contributed by atoms with Gasteiger partial charge >= 0.3 is 0 Å². The zero-order chi connectivity index (χ0) is 16.1. The molecule has 0 N–H and O–H groups in total. The number of amides is 1. The van der Waals surface area contributed by atoms with Crippen LogP contribution in [0.3, 0.4) is 0 Å². The molecule has 3 rings (SSSR count). The Labute approximate surface area is 142 Å². The second kappa shape index (κ2) is 8.15. The van der Waals surface area contributed by atoms with Crippen LogP contribution in [-0.2, 0) is 16.1 Å². The van der Waals surface area contributed by atoms with Crippen LogP contribution in [0.2, 0.25) is 0 Å². The number of rotatable bonds is 5. The second-order valence-electron chi connectivity index (χ2n) is 6.20. The van der Waals surface area contributed by atoms with Gasteiger partial charge in [0.25, 0.3) is 0 Å². The van der Waals surface area contributed by atoms with E-state index in [0.29, 0.717) is 38.0 Å². The predicted octanol–water partition coefficient (Wildman–Crippen LogP) is 2.30. The van der Waals surface area contributed by atoms with E-state index in [4.69, 9.17) is 4.74 Å². The van der Waals surface area contributed by atoms with Crippen LogP contribution < -0.4 is 0 Å². The summed E-state index contributed by atoms with van der Waals surface area (Å²) in [4.78, 5) is 14.2. The highest BCUT2D eigenvalue weighted by Crippen LogP contribution is 2.33. The second-order valence-corrected chi connectivity index (χ2v) is 7.14. The molecule has 0 spiro atoms. The summed E-state index contributed by atoms with van der Waals surface area (Å²) >= 11 is 1.52. The van der Waals surface area contributed by atoms with Crippen LogP contribution in [-0.4, -0.2) is 57.6 Å². The fourth-order valence-corrected chi connectivity index (χ4v) is 4.31. The largest absolute Gasteiger partial charge is 0.378 e. The molecule has 1 aliphatic heterocycles. The zero-order valence-corrected chi connectivity index (χ0v) is 14.7. The summed E-state index contributed by atoms with van der Waals surface area (Å²) in [6.45, 7) is 5.69. The van der Waals surface area contributed by atoms with Gasteiger partial charge in [0.15, 0.2) is 5.16 Å². The van der Waals surface area contributed by atoms with Crippen molar-refractivity contribution in [1.29, 1.82) is 0 Å². The Balaban J connectivity index is 1.61. The first-order valence-electron chi connectivity index (χ1n) is 8.71. The highest BCUT2D eigenvalue weighted by atomic mass is 32.2. The van der Waals surface area contributed by atoms with Gasteiger partial charge in [0.1, 0.15) is 5.82 Å². The van der Waals surface area contributed by atoms with Gasteiger partial charge in [-0.3, -0.25) is 4.79 Å². The lowest BCUT2D eigenvalue weighted by Crippen LogP contribution is -2.41. The quantitative estimate of drug-likeness (QED) is 0.771. The van der Waals surface area contributed by atoms with Crippen LogP contribution in [0.15, 0.2) is 5.16 Å². The summed E-state index contributed by atoms with van der Waals surface area (Å²) in [6, 6.07) is 0. The number of ether oxygens (including phenoxy) is 1. The fraction of sp³-hybridized carbons (Fsp3) is 0.812. The maximum atomic E-state index is 12.3. The molecule has 0 unspecified atom stereocenters. The molecule has 1 amide bonds. The Hall–Kier alpha value is -1.08. The number of carbonyl (C=O) groups is 1. The van der Waals surface area contributed by atoms with Crippen molar-refractivity contribution in [2.45, 2.75) is 56.6 Å². The molecule has 1 saturated heterocycles. The van der Waals surface area contributed by atoms with Crippen molar-refractivity contribution in [1.82, 2.24) is 19.7 Å². The molecule has 1 aromatic heterocycles. The molecular weight excluding hydrogens is 312 g/mol. The fourth-order valence-electron chi connectivity index (χ4n) is 3.40. The Bertz CT molecular complexity index is 522. The van der Waals surface area contributed by atoms with E-state index in [2.05, 4.69) is 21.7 Å². The van der Waals surface area contributed by atoms with Crippen LogP contribution in [0.4, 0.5) is 0 Å². The van der Waals surface area contributed by atoms with E-state index in [1.54, 1.807) is 0 Å². The maximum absolute atomic E-state index is 12.3. The smallest absolute Gasteiger partial charge is 0.233 e. The van der Waals surface area contributed by atoms with Crippen molar-refractivity contribution in [3.63, 3.8) is 0 Å². The number of morpholine rings is 1. The third-order valence-electron chi connectivity index (χ3n) is 4.72. The minimum atomic E-state index is 0.170. The first-order chi connectivity index (χ1) is 11.3. The normalized spacial score (nSPS) is 20.0. The van der Waals surface area contributed by atoms with Crippen LogP contribution in [0.5, 0.6) is 0 Å². The molecule has 7 heteroatoms. The molecule has 0 aromatic carbocycles. The van der Waals surface area contributed by atoms with E-state index in [-0.39, 0.29) is 5.91 Å². The molecule has 1 saturated carbocycles. The molecule has 2 fully saturated rings. The van der Waals surface area contributed by atoms with Gasteiger partial charge in [-0.15, -0.1) is 10.2 Å². The standard InChI is InChI=1S/C16H26N4O2S/c1-2-20-15(13-6-4-3-5-7-13)17-18-16(20)23-12-14(21)19-8-10-22-11-9-19/h13H,2-12H2,1H3. The van der Waals surface area contributed by atoms with Gasteiger partial charge in [0.2, 0.25) is 5.91 Å². The van der Waals surface area contributed by atoms with E-state index in [0.717, 1.165) is 17.5 Å². The van der Waals surface area contributed by atoms with Crippen LogP contribution in [0.1, 0.15) is 50.8 Å². The van der Waals surface area contributed by atoms with Crippen molar-refractivity contribution in [2.24, 2.45) is 0 Å². The molecule has 0 radical (unpaired) electrons. The van der Waals surface area contributed by atoms with Gasteiger partial charge in [-0.25, -0.2) is 0 Å². The average Bonchev–Trinajstić information content (AvgIpc) is 3.04. The average molecular weight is 338 g/mol. The SMILES string of the molecule is CCn1c(SCC(=O)N2CCOCC2)nnc1C1CCCCC1. The lowest BCUT2D eigenvalue weighted by molar-refractivity contribution is -0.132. The van der Waals surface area contributed by atoms with Gasteiger partial charge < -0.3 is 14.2 Å². The predicted molar refractivity (Wildman–Crippen MR) is 89.6 cm³/mol. The van der Waals surface area contributed by atoms with Gasteiger partial charge in [0, 0.05) is 25.6 Å². The lowest BCUT2D eigenvalue weighted by Gasteiger charge is -2.26. The summed E-state index contributed by atoms with van der Waals surface area (Å²) in [6.07, 6.45) is 6.36. The topological polar surface area (TPSA) is 60.2 Å². The Kier molecular flexibility index (Phi) is 5.94. The molecule has 1 aromatic rings. The summed E-state index contributed by atoms with van der Waals surface area (Å²) in [5.74, 6) is 2.26. The summed E-state index contributed by atoms with van der Waals surface area (Å²) in [7, 11) is 0. The molecule has 128 valence electrons. The zero-order valence-electron chi connectivity index (χ0n) is 13.9. The van der Waals surface area contributed by atoms with Crippen molar-refractivity contribution < 1.29 is 9.53 Å². The first kappa shape index (κ1) is 16.8. The summed E-state index contributed by atoms with van der Waals surface area (Å²) in [5.41, 5.74) is 0. The minimum absolute atomic E-state index is 0.170. The van der Waals surface area contributed by atoms with E-state index in [1.165, 1.54) is 43.9 Å².